The smallest absolute Gasteiger partial charge is 0.296 e. The molecule has 0 saturated carbocycles. The number of ether oxygens (including phenoxy) is 1. The van der Waals surface area contributed by atoms with Gasteiger partial charge < -0.3 is 19.2 Å². The molecule has 6 nitrogen and oxygen atoms in total. The number of likely N-dealkylation sites (tertiary alicyclic amines) is 1. The Bertz CT molecular complexity index is 1180. The first-order valence-corrected chi connectivity index (χ1v) is 10.2. The molecule has 7 heteroatoms. The van der Waals surface area contributed by atoms with Gasteiger partial charge in [-0.05, 0) is 55.3 Å². The minimum atomic E-state index is -0.875. The molecular weight excluding hydrogens is 413 g/mol. The lowest BCUT2D eigenvalue weighted by molar-refractivity contribution is -0.140. The SMILES string of the molecule is CCOc1ccc([C@H]2C(=C(O)c3ccc(C)c(F)c3)C(=O)C(=O)N2Cc2ccco2)cc1. The number of carbonyl (C=O) groups excluding carboxylic acids is 2. The highest BCUT2D eigenvalue weighted by Crippen LogP contribution is 2.40. The zero-order valence-corrected chi connectivity index (χ0v) is 17.7. The number of aryl methyl sites for hydroxylation is 1. The second-order valence-electron chi connectivity index (χ2n) is 7.47. The van der Waals surface area contributed by atoms with Crippen molar-refractivity contribution in [3.8, 4) is 5.75 Å². The molecule has 1 atom stereocenters. The fraction of sp³-hybridized carbons (Fsp3) is 0.200. The van der Waals surface area contributed by atoms with Gasteiger partial charge in [-0.2, -0.15) is 0 Å². The molecule has 164 valence electrons. The maximum Gasteiger partial charge on any atom is 0.296 e. The van der Waals surface area contributed by atoms with Gasteiger partial charge in [-0.1, -0.05) is 24.3 Å². The van der Waals surface area contributed by atoms with E-state index in [2.05, 4.69) is 0 Å². The average Bonchev–Trinajstić information content (AvgIpc) is 3.38. The van der Waals surface area contributed by atoms with E-state index in [1.807, 2.05) is 6.92 Å². The molecule has 0 radical (unpaired) electrons. The number of benzene rings is 2. The molecule has 1 saturated heterocycles. The van der Waals surface area contributed by atoms with Gasteiger partial charge in [0.15, 0.2) is 0 Å². The highest BCUT2D eigenvalue weighted by atomic mass is 19.1. The van der Waals surface area contributed by atoms with Gasteiger partial charge in [0, 0.05) is 5.56 Å². The van der Waals surface area contributed by atoms with Crippen molar-refractivity contribution in [3.05, 3.63) is 94.7 Å². The molecule has 0 bridgehead atoms. The number of aliphatic hydroxyl groups is 1. The number of carbonyl (C=O) groups is 2. The van der Waals surface area contributed by atoms with Crippen LogP contribution >= 0.6 is 0 Å². The van der Waals surface area contributed by atoms with E-state index in [0.29, 0.717) is 29.2 Å². The first kappa shape index (κ1) is 21.4. The van der Waals surface area contributed by atoms with Crippen LogP contribution in [0.15, 0.2) is 70.9 Å². The Labute approximate surface area is 184 Å². The highest BCUT2D eigenvalue weighted by Gasteiger charge is 2.46. The number of furan rings is 1. The summed E-state index contributed by atoms with van der Waals surface area (Å²) >= 11 is 0. The molecule has 1 fully saturated rings. The van der Waals surface area contributed by atoms with Gasteiger partial charge in [0.2, 0.25) is 0 Å². The summed E-state index contributed by atoms with van der Waals surface area (Å²) in [4.78, 5) is 27.3. The number of amides is 1. The number of nitrogens with zero attached hydrogens (tertiary/aromatic N) is 1. The molecule has 1 aliphatic rings. The maximum absolute atomic E-state index is 14.1. The normalized spacial score (nSPS) is 17.7. The van der Waals surface area contributed by atoms with Crippen LogP contribution in [0.3, 0.4) is 0 Å². The summed E-state index contributed by atoms with van der Waals surface area (Å²) in [5, 5.41) is 11.0. The Morgan fingerprint density at radius 2 is 1.91 bits per heavy atom. The third kappa shape index (κ3) is 3.89. The Kier molecular flexibility index (Phi) is 5.81. The molecule has 1 aromatic heterocycles. The van der Waals surface area contributed by atoms with Crippen LogP contribution < -0.4 is 4.74 Å². The van der Waals surface area contributed by atoms with Crippen LogP contribution in [0.2, 0.25) is 0 Å². The largest absolute Gasteiger partial charge is 0.507 e. The Balaban J connectivity index is 1.84. The van der Waals surface area contributed by atoms with Crippen LogP contribution in [0, 0.1) is 12.7 Å². The molecule has 32 heavy (non-hydrogen) atoms. The number of Topliss-reactive ketones (excluding diaryl/α,β-unsaturated/α-hetero) is 1. The number of aliphatic hydroxyl groups excluding tert-OH is 1. The first-order chi connectivity index (χ1) is 15.4. The van der Waals surface area contributed by atoms with Crippen LogP contribution in [0.5, 0.6) is 5.75 Å². The summed E-state index contributed by atoms with van der Waals surface area (Å²) in [6.07, 6.45) is 1.48. The van der Waals surface area contributed by atoms with Crippen molar-refractivity contribution < 1.29 is 28.2 Å². The van der Waals surface area contributed by atoms with Crippen molar-refractivity contribution in [1.82, 2.24) is 4.90 Å². The number of halogens is 1. The Morgan fingerprint density at radius 3 is 2.53 bits per heavy atom. The van der Waals surface area contributed by atoms with E-state index in [0.717, 1.165) is 6.07 Å². The summed E-state index contributed by atoms with van der Waals surface area (Å²) in [6, 6.07) is 13.6. The molecule has 4 rings (SSSR count). The molecule has 3 aromatic rings. The minimum Gasteiger partial charge on any atom is -0.507 e. The maximum atomic E-state index is 14.1. The van der Waals surface area contributed by atoms with E-state index in [1.54, 1.807) is 43.3 Å². The zero-order chi connectivity index (χ0) is 22.8. The lowest BCUT2D eigenvalue weighted by atomic mass is 9.95. The van der Waals surface area contributed by atoms with Crippen LogP contribution in [0.1, 0.15) is 35.4 Å². The average molecular weight is 435 g/mol. The molecule has 0 unspecified atom stereocenters. The summed E-state index contributed by atoms with van der Waals surface area (Å²) in [7, 11) is 0. The summed E-state index contributed by atoms with van der Waals surface area (Å²) in [5.41, 5.74) is 1.03. The molecule has 1 N–H and O–H groups in total. The van der Waals surface area contributed by atoms with Crippen LogP contribution in [0.25, 0.3) is 5.76 Å². The predicted molar refractivity (Wildman–Crippen MR) is 115 cm³/mol. The second-order valence-corrected chi connectivity index (χ2v) is 7.47. The Morgan fingerprint density at radius 1 is 1.16 bits per heavy atom. The molecule has 2 aromatic carbocycles. The van der Waals surface area contributed by atoms with E-state index in [4.69, 9.17) is 9.15 Å². The molecule has 1 aliphatic heterocycles. The van der Waals surface area contributed by atoms with Gasteiger partial charge in [0.25, 0.3) is 11.7 Å². The van der Waals surface area contributed by atoms with E-state index >= 15 is 0 Å². The highest BCUT2D eigenvalue weighted by molar-refractivity contribution is 6.46. The molecule has 2 heterocycles. The van der Waals surface area contributed by atoms with Crippen molar-refractivity contribution in [3.63, 3.8) is 0 Å². The lowest BCUT2D eigenvalue weighted by Crippen LogP contribution is -2.29. The standard InChI is InChI=1S/C25H22FNO5/c1-3-31-18-10-8-16(9-11-18)22-21(23(28)17-7-6-15(2)20(26)13-17)24(29)25(30)27(22)14-19-5-4-12-32-19/h4-13,22,28H,3,14H2,1-2H3/t22-/m0/s1. The summed E-state index contributed by atoms with van der Waals surface area (Å²) in [5.74, 6) is -1.42. The second kappa shape index (κ2) is 8.70. The van der Waals surface area contributed by atoms with Gasteiger partial charge in [-0.15, -0.1) is 0 Å². The Hall–Kier alpha value is -3.87. The monoisotopic (exact) mass is 435 g/mol. The van der Waals surface area contributed by atoms with Crippen molar-refractivity contribution in [2.75, 3.05) is 6.61 Å². The van der Waals surface area contributed by atoms with E-state index in [-0.39, 0.29) is 17.7 Å². The van der Waals surface area contributed by atoms with Crippen molar-refractivity contribution in [2.24, 2.45) is 0 Å². The third-order valence-corrected chi connectivity index (χ3v) is 5.40. The van der Waals surface area contributed by atoms with Crippen LogP contribution in [0.4, 0.5) is 4.39 Å². The van der Waals surface area contributed by atoms with Crippen molar-refractivity contribution >= 4 is 17.4 Å². The fourth-order valence-corrected chi connectivity index (χ4v) is 3.77. The molecule has 0 spiro atoms. The fourth-order valence-electron chi connectivity index (χ4n) is 3.77. The molecule has 1 amide bonds. The van der Waals surface area contributed by atoms with Gasteiger partial charge in [-0.3, -0.25) is 9.59 Å². The topological polar surface area (TPSA) is 80.0 Å². The first-order valence-electron chi connectivity index (χ1n) is 10.2. The quantitative estimate of drug-likeness (QED) is 0.343. The third-order valence-electron chi connectivity index (χ3n) is 5.40. The number of hydrogen-bond acceptors (Lipinski definition) is 5. The van der Waals surface area contributed by atoms with E-state index in [9.17, 15) is 19.1 Å². The summed E-state index contributed by atoms with van der Waals surface area (Å²) < 4.78 is 25.0. The van der Waals surface area contributed by atoms with Gasteiger partial charge in [-0.25, -0.2) is 4.39 Å². The van der Waals surface area contributed by atoms with Crippen molar-refractivity contribution in [1.29, 1.82) is 0 Å². The molecule has 0 aliphatic carbocycles. The molecular formula is C25H22FNO5. The number of hydrogen-bond donors (Lipinski definition) is 1. The van der Waals surface area contributed by atoms with E-state index < -0.39 is 29.3 Å². The van der Waals surface area contributed by atoms with Crippen LogP contribution in [-0.4, -0.2) is 28.3 Å². The van der Waals surface area contributed by atoms with Crippen LogP contribution in [-0.2, 0) is 16.1 Å². The minimum absolute atomic E-state index is 0.0362. The van der Waals surface area contributed by atoms with Crippen molar-refractivity contribution in [2.45, 2.75) is 26.4 Å². The zero-order valence-electron chi connectivity index (χ0n) is 17.7. The van der Waals surface area contributed by atoms with E-state index in [1.165, 1.54) is 23.3 Å². The number of rotatable bonds is 6. The van der Waals surface area contributed by atoms with Gasteiger partial charge in [0.05, 0.1) is 31.0 Å². The predicted octanol–water partition coefficient (Wildman–Crippen LogP) is 4.75. The lowest BCUT2D eigenvalue weighted by Gasteiger charge is -2.24. The summed E-state index contributed by atoms with van der Waals surface area (Å²) in [6.45, 7) is 4.00. The van der Waals surface area contributed by atoms with Gasteiger partial charge >= 0.3 is 0 Å². The number of ketones is 1. The van der Waals surface area contributed by atoms with Gasteiger partial charge in [0.1, 0.15) is 23.1 Å².